The number of rotatable bonds is 8. The number of nitrogens with zero attached hydrogens (tertiary/aromatic N) is 5. The second-order valence-corrected chi connectivity index (χ2v) is 11.0. The molecule has 2 aliphatic heterocycles. The van der Waals surface area contributed by atoms with Gasteiger partial charge in [0.2, 0.25) is 11.8 Å². The van der Waals surface area contributed by atoms with Gasteiger partial charge in [-0.2, -0.15) is 10.3 Å². The number of carbonyl (C=O) groups excluding carboxylic acids is 3. The van der Waals surface area contributed by atoms with Crippen LogP contribution in [0.5, 0.6) is 5.75 Å². The molecule has 0 bridgehead atoms. The molecule has 10 heteroatoms. The molecule has 0 aromatic heterocycles. The van der Waals surface area contributed by atoms with E-state index in [0.717, 1.165) is 27.5 Å². The molecule has 10 nitrogen and oxygen atoms in total. The van der Waals surface area contributed by atoms with Gasteiger partial charge in [-0.25, -0.2) is 9.80 Å². The van der Waals surface area contributed by atoms with E-state index in [2.05, 4.69) is 11.4 Å². The van der Waals surface area contributed by atoms with Gasteiger partial charge in [0.1, 0.15) is 24.5 Å². The van der Waals surface area contributed by atoms with Crippen LogP contribution in [0.4, 0.5) is 4.79 Å². The highest BCUT2D eigenvalue weighted by atomic mass is 16.3. The number of fused-ring (bicyclic) bond motifs is 2. The highest BCUT2D eigenvalue weighted by molar-refractivity contribution is 5.92. The lowest BCUT2D eigenvalue weighted by atomic mass is 9.99. The van der Waals surface area contributed by atoms with Gasteiger partial charge < -0.3 is 20.2 Å². The number of piperazine rings is 1. The first kappa shape index (κ1) is 28.7. The molecule has 2 aliphatic rings. The number of nitrogens with one attached hydrogen (secondary N) is 1. The Hall–Kier alpha value is -5.40. The predicted molar refractivity (Wildman–Crippen MR) is 163 cm³/mol. The molecular weight excluding hydrogens is 556 g/mol. The molecule has 2 N–H and O–H groups in total. The summed E-state index contributed by atoms with van der Waals surface area (Å²) in [6, 6.07) is 30.7. The van der Waals surface area contributed by atoms with Crippen molar-refractivity contribution >= 4 is 28.6 Å². The van der Waals surface area contributed by atoms with Crippen LogP contribution in [0.2, 0.25) is 0 Å². The minimum atomic E-state index is -0.831. The van der Waals surface area contributed by atoms with Gasteiger partial charge in [-0.15, -0.1) is 0 Å². The van der Waals surface area contributed by atoms with Crippen molar-refractivity contribution in [2.24, 2.45) is 0 Å². The number of hydrazine groups is 1. The molecule has 0 unspecified atom stereocenters. The van der Waals surface area contributed by atoms with Crippen molar-refractivity contribution in [3.8, 4) is 11.8 Å². The number of aromatic hydroxyl groups is 1. The molecule has 2 fully saturated rings. The van der Waals surface area contributed by atoms with Crippen LogP contribution in [0.3, 0.4) is 0 Å². The van der Waals surface area contributed by atoms with Gasteiger partial charge in [0.25, 0.3) is 0 Å². The topological polar surface area (TPSA) is 120 Å². The minimum absolute atomic E-state index is 0.108. The second kappa shape index (κ2) is 12.5. The summed E-state index contributed by atoms with van der Waals surface area (Å²) < 4.78 is 0. The third-order valence-corrected chi connectivity index (χ3v) is 8.22. The summed E-state index contributed by atoms with van der Waals surface area (Å²) in [5.74, 6) is -0.384. The fourth-order valence-electron chi connectivity index (χ4n) is 6.09. The molecular formula is C34H32N6O4. The van der Waals surface area contributed by atoms with E-state index in [9.17, 15) is 24.8 Å². The van der Waals surface area contributed by atoms with Gasteiger partial charge in [0.05, 0.1) is 19.2 Å². The van der Waals surface area contributed by atoms with E-state index >= 15 is 0 Å². The molecule has 0 radical (unpaired) electrons. The van der Waals surface area contributed by atoms with Crippen LogP contribution in [0.15, 0.2) is 97.1 Å². The number of urea groups is 1. The third kappa shape index (κ3) is 5.78. The van der Waals surface area contributed by atoms with Gasteiger partial charge in [-0.3, -0.25) is 9.59 Å². The smallest absolute Gasteiger partial charge is 0.333 e. The lowest BCUT2D eigenvalue weighted by Gasteiger charge is -2.46. The zero-order valence-corrected chi connectivity index (χ0v) is 24.0. The Kier molecular flexibility index (Phi) is 8.12. The van der Waals surface area contributed by atoms with Crippen LogP contribution in [-0.4, -0.2) is 74.6 Å². The first-order valence-electron chi connectivity index (χ1n) is 14.5. The maximum absolute atomic E-state index is 14.1. The molecule has 2 saturated heterocycles. The molecule has 0 saturated carbocycles. The van der Waals surface area contributed by atoms with Crippen molar-refractivity contribution in [2.75, 3.05) is 19.6 Å². The van der Waals surface area contributed by atoms with Crippen molar-refractivity contribution < 1.29 is 19.5 Å². The average Bonchev–Trinajstić information content (AvgIpc) is 3.37. The van der Waals surface area contributed by atoms with Crippen LogP contribution >= 0.6 is 0 Å². The monoisotopic (exact) mass is 588 g/mol. The van der Waals surface area contributed by atoms with Gasteiger partial charge in [0.15, 0.2) is 0 Å². The minimum Gasteiger partial charge on any atom is -0.508 e. The fourth-order valence-corrected chi connectivity index (χ4v) is 6.09. The number of benzene rings is 4. The molecule has 6 rings (SSSR count). The van der Waals surface area contributed by atoms with E-state index in [4.69, 9.17) is 0 Å². The third-order valence-electron chi connectivity index (χ3n) is 8.22. The Morgan fingerprint density at radius 1 is 0.932 bits per heavy atom. The molecule has 4 aromatic rings. The Bertz CT molecular complexity index is 1720. The summed E-state index contributed by atoms with van der Waals surface area (Å²) in [4.78, 5) is 44.5. The van der Waals surface area contributed by atoms with Gasteiger partial charge >= 0.3 is 6.03 Å². The van der Waals surface area contributed by atoms with Gasteiger partial charge in [-0.05, 0) is 39.6 Å². The van der Waals surface area contributed by atoms with Crippen LogP contribution in [0.1, 0.15) is 16.7 Å². The molecule has 4 amide bonds. The molecule has 4 aromatic carbocycles. The van der Waals surface area contributed by atoms with E-state index in [-0.39, 0.29) is 50.2 Å². The number of nitriles is 1. The van der Waals surface area contributed by atoms with Crippen LogP contribution < -0.4 is 5.32 Å². The normalized spacial score (nSPS) is 18.2. The molecule has 0 spiro atoms. The van der Waals surface area contributed by atoms with Crippen molar-refractivity contribution in [3.63, 3.8) is 0 Å². The number of carbonyl (C=O) groups is 3. The molecule has 44 heavy (non-hydrogen) atoms. The highest BCUT2D eigenvalue weighted by Crippen LogP contribution is 2.31. The Labute approximate surface area is 255 Å². The summed E-state index contributed by atoms with van der Waals surface area (Å²) in [5, 5.41) is 27.3. The van der Waals surface area contributed by atoms with E-state index in [1.165, 1.54) is 5.01 Å². The zero-order valence-electron chi connectivity index (χ0n) is 24.0. The quantitative estimate of drug-likeness (QED) is 0.304. The predicted octanol–water partition coefficient (Wildman–Crippen LogP) is 3.62. The average molecular weight is 589 g/mol. The summed E-state index contributed by atoms with van der Waals surface area (Å²) in [7, 11) is 0. The van der Waals surface area contributed by atoms with Crippen LogP contribution in [-0.2, 0) is 29.1 Å². The Morgan fingerprint density at radius 2 is 1.66 bits per heavy atom. The number of phenols is 1. The Morgan fingerprint density at radius 3 is 2.43 bits per heavy atom. The number of hydrogen-bond donors (Lipinski definition) is 2. The van der Waals surface area contributed by atoms with Crippen LogP contribution in [0, 0.1) is 11.3 Å². The maximum atomic E-state index is 14.1. The van der Waals surface area contributed by atoms with E-state index in [1.807, 2.05) is 72.8 Å². The fraction of sp³-hybridized carbons (Fsp3) is 0.235. The van der Waals surface area contributed by atoms with Gasteiger partial charge in [0, 0.05) is 19.5 Å². The van der Waals surface area contributed by atoms with Gasteiger partial charge in [-0.1, -0.05) is 84.9 Å². The largest absolute Gasteiger partial charge is 0.508 e. The number of amides is 4. The van der Waals surface area contributed by atoms with Crippen molar-refractivity contribution in [2.45, 2.75) is 31.7 Å². The zero-order chi connectivity index (χ0) is 30.6. The second-order valence-electron chi connectivity index (χ2n) is 11.0. The first-order chi connectivity index (χ1) is 21.4. The molecule has 222 valence electrons. The summed E-state index contributed by atoms with van der Waals surface area (Å²) in [5.41, 5.74) is 2.65. The van der Waals surface area contributed by atoms with Crippen molar-refractivity contribution in [3.05, 3.63) is 114 Å². The SMILES string of the molecule is N#CCN(C(=O)NCc1ccccc1)N1CC(=O)N2[C@@H](Cc3ccc(O)cc3)C(=O)N(Cc3cccc4ccccc34)C[C@@H]21. The molecule has 2 heterocycles. The number of phenolic OH excluding ortho intramolecular Hbond substituents is 1. The maximum Gasteiger partial charge on any atom is 0.333 e. The van der Waals surface area contributed by atoms with Crippen molar-refractivity contribution in [1.29, 1.82) is 5.26 Å². The summed E-state index contributed by atoms with van der Waals surface area (Å²) in [6.45, 7) is 0.322. The Balaban J connectivity index is 1.32. The van der Waals surface area contributed by atoms with E-state index in [0.29, 0.717) is 6.54 Å². The lowest BCUT2D eigenvalue weighted by Crippen LogP contribution is -2.66. The summed E-state index contributed by atoms with van der Waals surface area (Å²) >= 11 is 0. The molecule has 2 atom stereocenters. The first-order valence-corrected chi connectivity index (χ1v) is 14.5. The van der Waals surface area contributed by atoms with E-state index < -0.39 is 18.2 Å². The number of hydrogen-bond acceptors (Lipinski definition) is 6. The van der Waals surface area contributed by atoms with Crippen molar-refractivity contribution in [1.82, 2.24) is 25.1 Å². The molecule has 0 aliphatic carbocycles. The van der Waals surface area contributed by atoms with E-state index in [1.54, 1.807) is 39.1 Å². The summed E-state index contributed by atoms with van der Waals surface area (Å²) in [6.07, 6.45) is -0.423. The lowest BCUT2D eigenvalue weighted by molar-refractivity contribution is -0.157. The standard InChI is InChI=1S/C34H32N6O4/c35-17-18-38(34(44)36-20-25-7-2-1-3-8-25)39-23-32(42)40-30(19-24-13-15-28(41)16-14-24)33(43)37(22-31(39)40)21-27-11-6-10-26-9-4-5-12-29(26)27/h1-16,30-31,41H,18-23H2,(H,36,44)/t30-,31+/m0/s1. The van der Waals surface area contributed by atoms with Crippen LogP contribution in [0.25, 0.3) is 10.8 Å². The highest BCUT2D eigenvalue weighted by Gasteiger charge is 2.52.